The van der Waals surface area contributed by atoms with Crippen LogP contribution in [-0.2, 0) is 4.79 Å². The van der Waals surface area contributed by atoms with Crippen molar-refractivity contribution in [3.63, 3.8) is 0 Å². The molecule has 0 bridgehead atoms. The number of anilines is 2. The van der Waals surface area contributed by atoms with E-state index >= 15 is 0 Å². The summed E-state index contributed by atoms with van der Waals surface area (Å²) in [4.78, 5) is 26.2. The van der Waals surface area contributed by atoms with Crippen LogP contribution in [0.5, 0.6) is 0 Å². The maximum Gasteiger partial charge on any atom is 0.277 e. The highest BCUT2D eigenvalue weighted by Crippen LogP contribution is 2.24. The molecule has 1 aliphatic heterocycles. The third kappa shape index (κ3) is 3.74. The first-order valence-corrected chi connectivity index (χ1v) is 8.94. The van der Waals surface area contributed by atoms with Gasteiger partial charge in [0.15, 0.2) is 11.5 Å². The van der Waals surface area contributed by atoms with Crippen LogP contribution in [0, 0.1) is 0 Å². The van der Waals surface area contributed by atoms with Gasteiger partial charge in [-0.25, -0.2) is 0 Å². The van der Waals surface area contributed by atoms with E-state index in [9.17, 15) is 9.59 Å². The third-order valence-electron chi connectivity index (χ3n) is 4.56. The van der Waals surface area contributed by atoms with Crippen molar-refractivity contribution in [2.24, 2.45) is 0 Å². The minimum atomic E-state index is -0.345. The molecule has 0 radical (unpaired) electrons. The van der Waals surface area contributed by atoms with Crippen molar-refractivity contribution in [2.75, 3.05) is 16.8 Å². The molecule has 6 heteroatoms. The quantitative estimate of drug-likeness (QED) is 0.759. The Morgan fingerprint density at radius 2 is 1.81 bits per heavy atom. The molecular weight excluding hydrogens is 342 g/mol. The van der Waals surface area contributed by atoms with E-state index in [0.717, 1.165) is 30.6 Å². The molecule has 3 aromatic rings. The Labute approximate surface area is 156 Å². The number of nitrogens with one attached hydrogen (secondary N) is 1. The summed E-state index contributed by atoms with van der Waals surface area (Å²) in [5.41, 5.74) is 2.56. The van der Waals surface area contributed by atoms with Gasteiger partial charge in [-0.15, -0.1) is 0 Å². The second-order valence-corrected chi connectivity index (χ2v) is 6.45. The number of piperidine rings is 1. The molecule has 1 N–H and O–H groups in total. The lowest BCUT2D eigenvalue weighted by Gasteiger charge is -2.26. The zero-order valence-corrected chi connectivity index (χ0v) is 14.7. The van der Waals surface area contributed by atoms with Gasteiger partial charge < -0.3 is 14.7 Å². The Kier molecular flexibility index (Phi) is 4.70. The first-order chi connectivity index (χ1) is 13.2. The van der Waals surface area contributed by atoms with Crippen molar-refractivity contribution in [1.29, 1.82) is 0 Å². The molecule has 2 amide bonds. The number of carbonyl (C=O) groups excluding carboxylic acids is 2. The molecule has 6 nitrogen and oxygen atoms in total. The molecule has 136 valence electrons. The Morgan fingerprint density at radius 3 is 2.56 bits per heavy atom. The minimum Gasteiger partial charge on any atom is -0.355 e. The van der Waals surface area contributed by atoms with Gasteiger partial charge in [0.1, 0.15) is 0 Å². The smallest absolute Gasteiger partial charge is 0.277 e. The third-order valence-corrected chi connectivity index (χ3v) is 4.56. The Morgan fingerprint density at radius 1 is 1.04 bits per heavy atom. The molecule has 0 unspecified atom stereocenters. The summed E-state index contributed by atoms with van der Waals surface area (Å²) < 4.78 is 5.26. The lowest BCUT2D eigenvalue weighted by atomic mass is 10.1. The standard InChI is InChI=1S/C21H19N3O3/c25-20-8-4-5-13-24(20)17-11-9-16(10-12-17)22-21(26)18-14-19(27-23-18)15-6-2-1-3-7-15/h1-3,6-7,9-12,14H,4-5,8,13H2,(H,22,26). The number of aromatic nitrogens is 1. The molecule has 1 aromatic heterocycles. The van der Waals surface area contributed by atoms with Crippen LogP contribution in [0.15, 0.2) is 65.2 Å². The van der Waals surface area contributed by atoms with Crippen LogP contribution in [0.2, 0.25) is 0 Å². The van der Waals surface area contributed by atoms with E-state index in [1.165, 1.54) is 0 Å². The molecule has 27 heavy (non-hydrogen) atoms. The van der Waals surface area contributed by atoms with E-state index in [4.69, 9.17) is 4.52 Å². The summed E-state index contributed by atoms with van der Waals surface area (Å²) in [7, 11) is 0. The average Bonchev–Trinajstić information content (AvgIpc) is 3.20. The fourth-order valence-corrected chi connectivity index (χ4v) is 3.12. The van der Waals surface area contributed by atoms with E-state index in [-0.39, 0.29) is 17.5 Å². The lowest BCUT2D eigenvalue weighted by molar-refractivity contribution is -0.119. The second-order valence-electron chi connectivity index (χ2n) is 6.45. The van der Waals surface area contributed by atoms with E-state index in [1.54, 1.807) is 23.1 Å². The summed E-state index contributed by atoms with van der Waals surface area (Å²) in [6.45, 7) is 0.742. The van der Waals surface area contributed by atoms with Crippen LogP contribution in [0.4, 0.5) is 11.4 Å². The molecule has 0 spiro atoms. The molecule has 0 aliphatic carbocycles. The fraction of sp³-hybridized carbons (Fsp3) is 0.190. The Bertz CT molecular complexity index is 948. The summed E-state index contributed by atoms with van der Waals surface area (Å²) in [5.74, 6) is 0.344. The van der Waals surface area contributed by atoms with E-state index in [0.29, 0.717) is 17.9 Å². The molecule has 1 fully saturated rings. The molecule has 1 aliphatic rings. The van der Waals surface area contributed by atoms with E-state index < -0.39 is 0 Å². The number of nitrogens with zero attached hydrogens (tertiary/aromatic N) is 2. The number of hydrogen-bond donors (Lipinski definition) is 1. The highest BCUT2D eigenvalue weighted by molar-refractivity contribution is 6.03. The van der Waals surface area contributed by atoms with Crippen LogP contribution in [-0.4, -0.2) is 23.5 Å². The van der Waals surface area contributed by atoms with Crippen LogP contribution >= 0.6 is 0 Å². The molecule has 2 aromatic carbocycles. The summed E-state index contributed by atoms with van der Waals surface area (Å²) >= 11 is 0. The van der Waals surface area contributed by atoms with Gasteiger partial charge in [0.25, 0.3) is 5.91 Å². The van der Waals surface area contributed by atoms with E-state index in [1.807, 2.05) is 42.5 Å². The van der Waals surface area contributed by atoms with Gasteiger partial charge in [0.2, 0.25) is 5.91 Å². The molecule has 0 saturated carbocycles. The number of amides is 2. The zero-order chi connectivity index (χ0) is 18.6. The topological polar surface area (TPSA) is 75.4 Å². The van der Waals surface area contributed by atoms with Gasteiger partial charge in [-0.2, -0.15) is 0 Å². The van der Waals surface area contributed by atoms with Gasteiger partial charge in [0, 0.05) is 36.0 Å². The van der Waals surface area contributed by atoms with E-state index in [2.05, 4.69) is 10.5 Å². The highest BCUT2D eigenvalue weighted by Gasteiger charge is 2.19. The summed E-state index contributed by atoms with van der Waals surface area (Å²) in [5, 5.41) is 6.65. The van der Waals surface area contributed by atoms with Gasteiger partial charge in [-0.3, -0.25) is 9.59 Å². The van der Waals surface area contributed by atoms with Crippen LogP contribution in [0.25, 0.3) is 11.3 Å². The largest absolute Gasteiger partial charge is 0.355 e. The normalized spacial score (nSPS) is 14.2. The minimum absolute atomic E-state index is 0.147. The molecule has 0 atom stereocenters. The number of rotatable bonds is 4. The lowest BCUT2D eigenvalue weighted by Crippen LogP contribution is -2.35. The predicted molar refractivity (Wildman–Crippen MR) is 103 cm³/mol. The molecule has 2 heterocycles. The van der Waals surface area contributed by atoms with Crippen molar-refractivity contribution in [2.45, 2.75) is 19.3 Å². The van der Waals surface area contributed by atoms with Crippen molar-refractivity contribution in [3.05, 3.63) is 66.4 Å². The summed E-state index contributed by atoms with van der Waals surface area (Å²) in [6.07, 6.45) is 2.56. The summed E-state index contributed by atoms with van der Waals surface area (Å²) in [6, 6.07) is 18.4. The average molecular weight is 361 g/mol. The fourth-order valence-electron chi connectivity index (χ4n) is 3.12. The van der Waals surface area contributed by atoms with Crippen LogP contribution in [0.1, 0.15) is 29.8 Å². The van der Waals surface area contributed by atoms with Crippen molar-refractivity contribution < 1.29 is 14.1 Å². The number of benzene rings is 2. The van der Waals surface area contributed by atoms with Gasteiger partial charge in [0.05, 0.1) is 0 Å². The predicted octanol–water partition coefficient (Wildman–Crippen LogP) is 4.11. The van der Waals surface area contributed by atoms with Crippen molar-refractivity contribution >= 4 is 23.2 Å². The number of hydrogen-bond acceptors (Lipinski definition) is 4. The number of carbonyl (C=O) groups is 2. The SMILES string of the molecule is O=C(Nc1ccc(N2CCCCC2=O)cc1)c1cc(-c2ccccc2)on1. The molecular formula is C21H19N3O3. The van der Waals surface area contributed by atoms with Gasteiger partial charge in [-0.05, 0) is 37.1 Å². The second kappa shape index (κ2) is 7.45. The Hall–Kier alpha value is -3.41. The molecule has 1 saturated heterocycles. The van der Waals surface area contributed by atoms with Crippen molar-refractivity contribution in [1.82, 2.24) is 5.16 Å². The maximum absolute atomic E-state index is 12.4. The van der Waals surface area contributed by atoms with Crippen LogP contribution in [0.3, 0.4) is 0 Å². The highest BCUT2D eigenvalue weighted by atomic mass is 16.5. The Balaban J connectivity index is 1.44. The first kappa shape index (κ1) is 17.0. The monoisotopic (exact) mass is 361 g/mol. The molecule has 4 rings (SSSR count). The van der Waals surface area contributed by atoms with Gasteiger partial charge >= 0.3 is 0 Å². The zero-order valence-electron chi connectivity index (χ0n) is 14.7. The van der Waals surface area contributed by atoms with Gasteiger partial charge in [-0.1, -0.05) is 35.5 Å². The van der Waals surface area contributed by atoms with Crippen molar-refractivity contribution in [3.8, 4) is 11.3 Å². The maximum atomic E-state index is 12.4. The first-order valence-electron chi connectivity index (χ1n) is 8.94. The van der Waals surface area contributed by atoms with Crippen LogP contribution < -0.4 is 10.2 Å².